The second-order valence-electron chi connectivity index (χ2n) is 3.91. The Morgan fingerprint density at radius 3 is 2.63 bits per heavy atom. The average molecular weight is 279 g/mol. The van der Waals surface area contributed by atoms with Gasteiger partial charge in [-0.3, -0.25) is 4.79 Å². The van der Waals surface area contributed by atoms with Crippen LogP contribution < -0.4 is 5.32 Å². The second-order valence-corrected chi connectivity index (χ2v) is 4.29. The maximum absolute atomic E-state index is 11.1. The number of rotatable bonds is 4. The molecule has 102 valence electrons. The molecule has 1 N–H and O–H groups in total. The smallest absolute Gasteiger partial charge is 0.311 e. The monoisotopic (exact) mass is 279 g/mol. The maximum atomic E-state index is 11.1. The van der Waals surface area contributed by atoms with E-state index in [2.05, 4.69) is 15.2 Å². The van der Waals surface area contributed by atoms with Crippen LogP contribution in [0.4, 0.5) is 5.69 Å². The molecule has 5 nitrogen and oxygen atoms in total. The van der Waals surface area contributed by atoms with Crippen molar-refractivity contribution >= 4 is 34.7 Å². The Balaban J connectivity index is 2.57. The van der Waals surface area contributed by atoms with E-state index in [1.165, 1.54) is 12.1 Å². The summed E-state index contributed by atoms with van der Waals surface area (Å²) in [5, 5.41) is 9.22. The number of para-hydroxylation sites is 1. The summed E-state index contributed by atoms with van der Waals surface area (Å²) in [6, 6.07) is 9.57. The molecule has 0 aromatic heterocycles. The SMILES string of the molecule is COC(=O)CC(C)=NN(C)C(=S)Nc1ccccc1. The van der Waals surface area contributed by atoms with Gasteiger partial charge < -0.3 is 10.1 Å². The molecule has 0 saturated carbocycles. The van der Waals surface area contributed by atoms with E-state index in [1.54, 1.807) is 14.0 Å². The Hall–Kier alpha value is -1.95. The van der Waals surface area contributed by atoms with Crippen LogP contribution in [0.3, 0.4) is 0 Å². The third-order valence-electron chi connectivity index (χ3n) is 2.27. The van der Waals surface area contributed by atoms with Gasteiger partial charge in [-0.25, -0.2) is 5.01 Å². The van der Waals surface area contributed by atoms with E-state index >= 15 is 0 Å². The van der Waals surface area contributed by atoms with Crippen molar-refractivity contribution in [2.75, 3.05) is 19.5 Å². The zero-order chi connectivity index (χ0) is 14.3. The fourth-order valence-electron chi connectivity index (χ4n) is 1.34. The van der Waals surface area contributed by atoms with Crippen molar-refractivity contribution in [2.45, 2.75) is 13.3 Å². The molecule has 0 heterocycles. The van der Waals surface area contributed by atoms with Crippen LogP contribution in [-0.2, 0) is 9.53 Å². The van der Waals surface area contributed by atoms with Crippen LogP contribution in [0.1, 0.15) is 13.3 Å². The van der Waals surface area contributed by atoms with Crippen molar-refractivity contribution < 1.29 is 9.53 Å². The lowest BCUT2D eigenvalue weighted by Gasteiger charge is -2.16. The number of thiocarbonyl (C=S) groups is 1. The summed E-state index contributed by atoms with van der Waals surface area (Å²) in [5.74, 6) is -0.323. The Bertz CT molecular complexity index is 474. The zero-order valence-corrected chi connectivity index (χ0v) is 12.0. The van der Waals surface area contributed by atoms with Crippen molar-refractivity contribution in [3.05, 3.63) is 30.3 Å². The van der Waals surface area contributed by atoms with E-state index in [0.29, 0.717) is 10.8 Å². The van der Waals surface area contributed by atoms with Crippen molar-refractivity contribution in [3.8, 4) is 0 Å². The van der Waals surface area contributed by atoms with Gasteiger partial charge >= 0.3 is 5.97 Å². The summed E-state index contributed by atoms with van der Waals surface area (Å²) >= 11 is 5.21. The first-order valence-corrected chi connectivity index (χ1v) is 6.14. The van der Waals surface area contributed by atoms with E-state index in [1.807, 2.05) is 30.3 Å². The van der Waals surface area contributed by atoms with Crippen LogP contribution in [0, 0.1) is 0 Å². The number of carbonyl (C=O) groups excluding carboxylic acids is 1. The van der Waals surface area contributed by atoms with Crippen LogP contribution in [0.25, 0.3) is 0 Å². The molecule has 0 spiro atoms. The van der Waals surface area contributed by atoms with Gasteiger partial charge in [0.15, 0.2) is 5.11 Å². The van der Waals surface area contributed by atoms with Gasteiger partial charge in [0.05, 0.1) is 13.5 Å². The van der Waals surface area contributed by atoms with Crippen molar-refractivity contribution in [1.82, 2.24) is 5.01 Å². The predicted molar refractivity (Wildman–Crippen MR) is 80.2 cm³/mol. The number of esters is 1. The molecule has 6 heteroatoms. The lowest BCUT2D eigenvalue weighted by molar-refractivity contribution is -0.139. The highest BCUT2D eigenvalue weighted by Gasteiger charge is 2.07. The first-order valence-electron chi connectivity index (χ1n) is 5.73. The number of benzene rings is 1. The van der Waals surface area contributed by atoms with Crippen LogP contribution >= 0.6 is 12.2 Å². The second kappa shape index (κ2) is 7.48. The molecule has 1 rings (SSSR count). The molecule has 1 aromatic carbocycles. The molecule has 0 amide bonds. The average Bonchev–Trinajstić information content (AvgIpc) is 2.39. The fourth-order valence-corrected chi connectivity index (χ4v) is 1.50. The van der Waals surface area contributed by atoms with Gasteiger partial charge in [-0.1, -0.05) is 18.2 Å². The molecule has 0 fully saturated rings. The molecular weight excluding hydrogens is 262 g/mol. The van der Waals surface area contributed by atoms with Gasteiger partial charge in [0.25, 0.3) is 0 Å². The van der Waals surface area contributed by atoms with Gasteiger partial charge in [0.2, 0.25) is 0 Å². The standard InChI is InChI=1S/C13H17N3O2S/c1-10(9-12(17)18-3)15-16(2)13(19)14-11-7-5-4-6-8-11/h4-8H,9H2,1-3H3,(H,14,19). The number of nitrogens with one attached hydrogen (secondary N) is 1. The topological polar surface area (TPSA) is 53.9 Å². The first kappa shape index (κ1) is 15.1. The van der Waals surface area contributed by atoms with Crippen LogP contribution in [-0.4, -0.2) is 36.0 Å². The molecular formula is C13H17N3O2S. The van der Waals surface area contributed by atoms with Gasteiger partial charge in [-0.2, -0.15) is 5.10 Å². The summed E-state index contributed by atoms with van der Waals surface area (Å²) in [6.45, 7) is 1.75. The third kappa shape index (κ3) is 5.48. The number of ether oxygens (including phenoxy) is 1. The quantitative estimate of drug-likeness (QED) is 0.396. The van der Waals surface area contributed by atoms with Crippen LogP contribution in [0.15, 0.2) is 35.4 Å². The molecule has 0 atom stereocenters. The Kier molecular flexibility index (Phi) is 5.95. The Labute approximate surface area is 118 Å². The van der Waals surface area contributed by atoms with E-state index in [0.717, 1.165) is 5.69 Å². The zero-order valence-electron chi connectivity index (χ0n) is 11.2. The van der Waals surface area contributed by atoms with E-state index in [4.69, 9.17) is 12.2 Å². The highest BCUT2D eigenvalue weighted by molar-refractivity contribution is 7.80. The molecule has 0 aliphatic heterocycles. The maximum Gasteiger partial charge on any atom is 0.311 e. The molecule has 0 saturated heterocycles. The predicted octanol–water partition coefficient (Wildman–Crippen LogP) is 2.25. The lowest BCUT2D eigenvalue weighted by atomic mass is 10.3. The summed E-state index contributed by atoms with van der Waals surface area (Å²) in [5.41, 5.74) is 1.52. The molecule has 0 aliphatic carbocycles. The van der Waals surface area contributed by atoms with Crippen molar-refractivity contribution in [3.63, 3.8) is 0 Å². The van der Waals surface area contributed by atoms with Gasteiger partial charge in [-0.15, -0.1) is 0 Å². The summed E-state index contributed by atoms with van der Waals surface area (Å²) < 4.78 is 4.57. The number of methoxy groups -OCH3 is 1. The minimum Gasteiger partial charge on any atom is -0.469 e. The molecule has 0 bridgehead atoms. The minimum atomic E-state index is -0.323. The summed E-state index contributed by atoms with van der Waals surface area (Å²) in [4.78, 5) is 11.1. The van der Waals surface area contributed by atoms with Crippen LogP contribution in [0.5, 0.6) is 0 Å². The number of hydrazone groups is 1. The van der Waals surface area contributed by atoms with Gasteiger partial charge in [-0.05, 0) is 31.3 Å². The van der Waals surface area contributed by atoms with Gasteiger partial charge in [0.1, 0.15) is 0 Å². The van der Waals surface area contributed by atoms with Crippen LogP contribution in [0.2, 0.25) is 0 Å². The van der Waals surface area contributed by atoms with E-state index in [9.17, 15) is 4.79 Å². The third-order valence-corrected chi connectivity index (χ3v) is 2.63. The highest BCUT2D eigenvalue weighted by atomic mass is 32.1. The van der Waals surface area contributed by atoms with Crippen molar-refractivity contribution in [1.29, 1.82) is 0 Å². The minimum absolute atomic E-state index is 0.148. The summed E-state index contributed by atoms with van der Waals surface area (Å²) in [7, 11) is 3.07. The fraction of sp³-hybridized carbons (Fsp3) is 0.308. The molecule has 0 unspecified atom stereocenters. The van der Waals surface area contributed by atoms with E-state index < -0.39 is 0 Å². The molecule has 0 radical (unpaired) electrons. The normalized spacial score (nSPS) is 10.8. The Morgan fingerprint density at radius 1 is 1.42 bits per heavy atom. The number of hydrogen-bond donors (Lipinski definition) is 1. The Morgan fingerprint density at radius 2 is 2.05 bits per heavy atom. The van der Waals surface area contributed by atoms with E-state index in [-0.39, 0.29) is 12.4 Å². The number of hydrogen-bond acceptors (Lipinski definition) is 4. The first-order chi connectivity index (χ1) is 9.02. The lowest BCUT2D eigenvalue weighted by Crippen LogP contribution is -2.27. The largest absolute Gasteiger partial charge is 0.469 e. The van der Waals surface area contributed by atoms with Gasteiger partial charge in [0, 0.05) is 18.4 Å². The number of nitrogens with zero attached hydrogens (tertiary/aromatic N) is 2. The molecule has 1 aromatic rings. The highest BCUT2D eigenvalue weighted by Crippen LogP contribution is 2.06. The number of carbonyl (C=O) groups is 1. The molecule has 19 heavy (non-hydrogen) atoms. The summed E-state index contributed by atoms with van der Waals surface area (Å²) in [6.07, 6.45) is 0.148. The number of anilines is 1. The van der Waals surface area contributed by atoms with Crippen molar-refractivity contribution in [2.24, 2.45) is 5.10 Å². The molecule has 0 aliphatic rings.